The summed E-state index contributed by atoms with van der Waals surface area (Å²) in [4.78, 5) is 10.1. The van der Waals surface area contributed by atoms with Crippen molar-refractivity contribution in [1.82, 2.24) is 0 Å². The van der Waals surface area contributed by atoms with Gasteiger partial charge in [-0.1, -0.05) is 0 Å². The van der Waals surface area contributed by atoms with Gasteiger partial charge in [-0.25, -0.2) is 0 Å². The van der Waals surface area contributed by atoms with E-state index in [9.17, 15) is 10.1 Å². The molecule has 2 aromatic rings. The van der Waals surface area contributed by atoms with Gasteiger partial charge in [0.05, 0.1) is 31.0 Å². The molecule has 0 atom stereocenters. The molecular weight excluding hydrogens is 286 g/mol. The van der Waals surface area contributed by atoms with Gasteiger partial charge in [-0.3, -0.25) is 15.5 Å². The summed E-state index contributed by atoms with van der Waals surface area (Å²) >= 11 is 0. The number of hydrogen-bond donors (Lipinski definition) is 1. The highest BCUT2D eigenvalue weighted by Crippen LogP contribution is 2.26. The maximum absolute atomic E-state index is 10.6. The third-order valence-corrected chi connectivity index (χ3v) is 2.89. The highest BCUT2D eigenvalue weighted by Gasteiger charge is 2.04. The Morgan fingerprint density at radius 3 is 2.36 bits per heavy atom. The summed E-state index contributed by atoms with van der Waals surface area (Å²) in [5.41, 5.74) is 4.32. The zero-order chi connectivity index (χ0) is 15.9. The van der Waals surface area contributed by atoms with Gasteiger partial charge < -0.3 is 9.47 Å². The van der Waals surface area contributed by atoms with E-state index < -0.39 is 4.92 Å². The van der Waals surface area contributed by atoms with E-state index >= 15 is 0 Å². The van der Waals surface area contributed by atoms with E-state index in [4.69, 9.17) is 9.47 Å². The number of anilines is 1. The molecule has 0 radical (unpaired) electrons. The molecule has 7 nitrogen and oxygen atoms in total. The second-order valence-corrected chi connectivity index (χ2v) is 4.29. The normalized spacial score (nSPS) is 10.5. The Kier molecular flexibility index (Phi) is 4.92. The van der Waals surface area contributed by atoms with Crippen LogP contribution in [0.1, 0.15) is 5.56 Å². The van der Waals surface area contributed by atoms with Gasteiger partial charge in [0.15, 0.2) is 11.5 Å². The van der Waals surface area contributed by atoms with E-state index in [1.54, 1.807) is 44.7 Å². The van der Waals surface area contributed by atoms with Gasteiger partial charge in [0.2, 0.25) is 0 Å². The van der Waals surface area contributed by atoms with Crippen LogP contribution in [0.5, 0.6) is 11.5 Å². The van der Waals surface area contributed by atoms with Gasteiger partial charge >= 0.3 is 0 Å². The van der Waals surface area contributed by atoms with Crippen molar-refractivity contribution in [2.75, 3.05) is 19.6 Å². The van der Waals surface area contributed by atoms with Crippen LogP contribution < -0.4 is 14.9 Å². The molecular formula is C15H15N3O4. The van der Waals surface area contributed by atoms with Gasteiger partial charge in [-0.05, 0) is 35.9 Å². The van der Waals surface area contributed by atoms with Crippen LogP contribution in [0, 0.1) is 10.1 Å². The Morgan fingerprint density at radius 2 is 1.77 bits per heavy atom. The Balaban J connectivity index is 2.04. The van der Waals surface area contributed by atoms with Crippen LogP contribution in [0.25, 0.3) is 0 Å². The molecule has 0 aromatic heterocycles. The van der Waals surface area contributed by atoms with E-state index in [1.165, 1.54) is 12.1 Å². The topological polar surface area (TPSA) is 86.0 Å². The SMILES string of the molecule is COc1ccc(/C=N\Nc2ccc([N+](=O)[O-])cc2)cc1OC. The van der Waals surface area contributed by atoms with Crippen LogP contribution in [0.15, 0.2) is 47.6 Å². The number of nitrogens with zero attached hydrogens (tertiary/aromatic N) is 2. The maximum atomic E-state index is 10.6. The number of hydrogen-bond acceptors (Lipinski definition) is 6. The lowest BCUT2D eigenvalue weighted by atomic mass is 10.2. The highest BCUT2D eigenvalue weighted by atomic mass is 16.6. The average molecular weight is 301 g/mol. The minimum Gasteiger partial charge on any atom is -0.493 e. The van der Waals surface area contributed by atoms with Crippen molar-refractivity contribution in [1.29, 1.82) is 0 Å². The summed E-state index contributed by atoms with van der Waals surface area (Å²) in [6.07, 6.45) is 1.61. The standard InChI is InChI=1S/C15H15N3O4/c1-21-14-8-3-11(9-15(14)22-2)10-16-17-12-4-6-13(7-5-12)18(19)20/h3-10,17H,1-2H3/b16-10-. The number of rotatable bonds is 6. The number of ether oxygens (including phenoxy) is 2. The molecule has 0 aliphatic rings. The highest BCUT2D eigenvalue weighted by molar-refractivity contribution is 5.81. The van der Waals surface area contributed by atoms with E-state index in [1.807, 2.05) is 6.07 Å². The first-order valence-electron chi connectivity index (χ1n) is 6.39. The zero-order valence-corrected chi connectivity index (χ0v) is 12.1. The Morgan fingerprint density at radius 1 is 1.09 bits per heavy atom. The maximum Gasteiger partial charge on any atom is 0.269 e. The Bertz CT molecular complexity index is 684. The summed E-state index contributed by atoms with van der Waals surface area (Å²) < 4.78 is 10.4. The molecule has 0 amide bonds. The van der Waals surface area contributed by atoms with Crippen LogP contribution in [0.4, 0.5) is 11.4 Å². The lowest BCUT2D eigenvalue weighted by Crippen LogP contribution is -1.94. The van der Waals surface area contributed by atoms with Crippen LogP contribution >= 0.6 is 0 Å². The average Bonchev–Trinajstić information content (AvgIpc) is 2.55. The van der Waals surface area contributed by atoms with Crippen LogP contribution in [-0.2, 0) is 0 Å². The van der Waals surface area contributed by atoms with Crippen molar-refractivity contribution >= 4 is 17.6 Å². The molecule has 0 fully saturated rings. The molecule has 0 bridgehead atoms. The van der Waals surface area contributed by atoms with E-state index in [0.717, 1.165) is 5.56 Å². The fourth-order valence-corrected chi connectivity index (χ4v) is 1.77. The third-order valence-electron chi connectivity index (χ3n) is 2.89. The monoisotopic (exact) mass is 301 g/mol. The first kappa shape index (κ1) is 15.3. The van der Waals surface area contributed by atoms with Gasteiger partial charge in [0.1, 0.15) is 0 Å². The van der Waals surface area contributed by atoms with Crippen molar-refractivity contribution < 1.29 is 14.4 Å². The largest absolute Gasteiger partial charge is 0.493 e. The quantitative estimate of drug-likeness (QED) is 0.503. The number of non-ortho nitro benzene ring substituents is 1. The lowest BCUT2D eigenvalue weighted by Gasteiger charge is -2.07. The van der Waals surface area contributed by atoms with Crippen molar-refractivity contribution in [2.45, 2.75) is 0 Å². The van der Waals surface area contributed by atoms with Gasteiger partial charge in [-0.2, -0.15) is 5.10 Å². The molecule has 0 spiro atoms. The first-order chi connectivity index (χ1) is 10.6. The summed E-state index contributed by atoms with van der Waals surface area (Å²) in [6.45, 7) is 0. The van der Waals surface area contributed by atoms with Crippen molar-refractivity contribution in [2.24, 2.45) is 5.10 Å². The van der Waals surface area contributed by atoms with Gasteiger partial charge in [0.25, 0.3) is 5.69 Å². The molecule has 22 heavy (non-hydrogen) atoms. The van der Waals surface area contributed by atoms with Crippen molar-refractivity contribution in [3.63, 3.8) is 0 Å². The molecule has 7 heteroatoms. The predicted molar refractivity (Wildman–Crippen MR) is 83.9 cm³/mol. The zero-order valence-electron chi connectivity index (χ0n) is 12.1. The summed E-state index contributed by atoms with van der Waals surface area (Å²) in [5, 5.41) is 14.6. The van der Waals surface area contributed by atoms with Crippen LogP contribution in [-0.4, -0.2) is 25.4 Å². The molecule has 0 unspecified atom stereocenters. The number of methoxy groups -OCH3 is 2. The third kappa shape index (κ3) is 3.72. The number of nitro benzene ring substituents is 1. The fraction of sp³-hybridized carbons (Fsp3) is 0.133. The molecule has 0 saturated heterocycles. The van der Waals surface area contributed by atoms with Gasteiger partial charge in [0, 0.05) is 12.1 Å². The van der Waals surface area contributed by atoms with E-state index in [2.05, 4.69) is 10.5 Å². The van der Waals surface area contributed by atoms with E-state index in [-0.39, 0.29) is 5.69 Å². The Hall–Kier alpha value is -3.09. The number of nitro groups is 1. The molecule has 0 saturated carbocycles. The fourth-order valence-electron chi connectivity index (χ4n) is 1.77. The molecule has 2 aromatic carbocycles. The molecule has 2 rings (SSSR count). The number of benzene rings is 2. The van der Waals surface area contributed by atoms with Crippen molar-refractivity contribution in [3.8, 4) is 11.5 Å². The smallest absolute Gasteiger partial charge is 0.269 e. The van der Waals surface area contributed by atoms with Gasteiger partial charge in [-0.15, -0.1) is 0 Å². The first-order valence-corrected chi connectivity index (χ1v) is 6.39. The van der Waals surface area contributed by atoms with E-state index in [0.29, 0.717) is 17.2 Å². The molecule has 0 heterocycles. The molecule has 1 N–H and O–H groups in total. The molecule has 0 aliphatic heterocycles. The number of nitrogens with one attached hydrogen (secondary N) is 1. The second kappa shape index (κ2) is 7.07. The number of hydrazone groups is 1. The van der Waals surface area contributed by atoms with Crippen molar-refractivity contribution in [3.05, 3.63) is 58.1 Å². The summed E-state index contributed by atoms with van der Waals surface area (Å²) in [7, 11) is 3.13. The predicted octanol–water partition coefficient (Wildman–Crippen LogP) is 3.06. The minimum atomic E-state index is -0.448. The molecule has 0 aliphatic carbocycles. The summed E-state index contributed by atoms with van der Waals surface area (Å²) in [5.74, 6) is 1.25. The molecule has 114 valence electrons. The lowest BCUT2D eigenvalue weighted by molar-refractivity contribution is -0.384. The minimum absolute atomic E-state index is 0.0365. The van der Waals surface area contributed by atoms with Crippen LogP contribution in [0.3, 0.4) is 0 Å². The second-order valence-electron chi connectivity index (χ2n) is 4.29. The Labute approximate surface area is 127 Å². The summed E-state index contributed by atoms with van der Waals surface area (Å²) in [6, 6.07) is 11.4. The van der Waals surface area contributed by atoms with Crippen LogP contribution in [0.2, 0.25) is 0 Å².